The van der Waals surface area contributed by atoms with E-state index in [4.69, 9.17) is 47.4 Å². The van der Waals surface area contributed by atoms with Gasteiger partial charge in [0.15, 0.2) is 36.8 Å². The first kappa shape index (κ1) is 40.7. The third-order valence-electron chi connectivity index (χ3n) is 8.16. The molecule has 18 nitrogen and oxygen atoms in total. The molecule has 3 heterocycles. The predicted molar refractivity (Wildman–Crippen MR) is 175 cm³/mol. The molecule has 1 aromatic carbocycles. The summed E-state index contributed by atoms with van der Waals surface area (Å²) < 4.78 is 57.7. The number of esters is 7. The van der Waals surface area contributed by atoms with Crippen molar-refractivity contribution in [2.75, 3.05) is 13.2 Å². The van der Waals surface area contributed by atoms with E-state index in [-0.39, 0.29) is 0 Å². The molecule has 10 atom stereocenters. The number of rotatable bonds is 12. The summed E-state index contributed by atoms with van der Waals surface area (Å²) in [7, 11) is 0. The molecule has 4 rings (SSSR count). The average Bonchev–Trinajstić information content (AvgIpc) is 3.38. The van der Waals surface area contributed by atoms with Crippen LogP contribution in [0.2, 0.25) is 0 Å². The number of fused-ring (bicyclic) bond motifs is 1. The SMILES string of the molecule is CC(=O)OC[C@H]1O[C@@H](O[C@H]2[C@H](OC(C)=O)[C@@H](OC(C)=O)[C@H](c3c(C)[nH]c4ccccc34)O[C@@H]2COC(C)=O)[C@H](OC(C)=O)[C@@H](OC(C)=O)[C@H]1OC(C)=O. The second-order valence-corrected chi connectivity index (χ2v) is 12.4. The van der Waals surface area contributed by atoms with E-state index < -0.39 is 116 Å². The Morgan fingerprint density at radius 2 is 1.02 bits per heavy atom. The van der Waals surface area contributed by atoms with Crippen molar-refractivity contribution in [2.45, 2.75) is 117 Å². The van der Waals surface area contributed by atoms with E-state index in [0.29, 0.717) is 16.6 Å². The zero-order valence-corrected chi connectivity index (χ0v) is 30.4. The van der Waals surface area contributed by atoms with Crippen molar-refractivity contribution in [1.29, 1.82) is 0 Å². The summed E-state index contributed by atoms with van der Waals surface area (Å²) >= 11 is 0. The molecular weight excluding hydrogens is 706 g/mol. The lowest BCUT2D eigenvalue weighted by Crippen LogP contribution is -2.66. The van der Waals surface area contributed by atoms with E-state index in [1.54, 1.807) is 13.0 Å². The summed E-state index contributed by atoms with van der Waals surface area (Å²) in [4.78, 5) is 89.7. The van der Waals surface area contributed by atoms with Crippen LogP contribution in [0.15, 0.2) is 24.3 Å². The van der Waals surface area contributed by atoms with Gasteiger partial charge in [0, 0.05) is 70.6 Å². The third kappa shape index (κ3) is 10.3. The number of H-pyrrole nitrogens is 1. The highest BCUT2D eigenvalue weighted by Crippen LogP contribution is 2.43. The van der Waals surface area contributed by atoms with Crippen LogP contribution in [0.4, 0.5) is 0 Å². The molecule has 0 saturated carbocycles. The number of benzene rings is 1. The van der Waals surface area contributed by atoms with Crippen molar-refractivity contribution in [3.05, 3.63) is 35.5 Å². The molecule has 0 bridgehead atoms. The molecule has 2 aliphatic rings. The van der Waals surface area contributed by atoms with Crippen LogP contribution in [0.3, 0.4) is 0 Å². The fraction of sp³-hybridized carbons (Fsp3) is 0.571. The van der Waals surface area contributed by atoms with Crippen LogP contribution in [0, 0.1) is 6.92 Å². The summed E-state index contributed by atoms with van der Waals surface area (Å²) in [6.45, 7) is 8.42. The second-order valence-electron chi connectivity index (χ2n) is 12.4. The van der Waals surface area contributed by atoms with E-state index in [1.807, 2.05) is 18.2 Å². The molecule has 18 heteroatoms. The van der Waals surface area contributed by atoms with Gasteiger partial charge >= 0.3 is 41.8 Å². The summed E-state index contributed by atoms with van der Waals surface area (Å²) in [6, 6.07) is 7.24. The summed E-state index contributed by atoms with van der Waals surface area (Å²) in [5.74, 6) is -5.67. The van der Waals surface area contributed by atoms with Crippen molar-refractivity contribution in [2.24, 2.45) is 0 Å². The van der Waals surface area contributed by atoms with E-state index >= 15 is 0 Å². The number of hydrogen-bond donors (Lipinski definition) is 1. The van der Waals surface area contributed by atoms with Crippen molar-refractivity contribution in [3.8, 4) is 0 Å². The van der Waals surface area contributed by atoms with Crippen molar-refractivity contribution in [3.63, 3.8) is 0 Å². The van der Waals surface area contributed by atoms with Crippen LogP contribution in [-0.2, 0) is 80.9 Å². The molecule has 2 saturated heterocycles. The maximum absolute atomic E-state index is 12.8. The minimum atomic E-state index is -1.77. The smallest absolute Gasteiger partial charge is 0.303 e. The Morgan fingerprint density at radius 1 is 0.566 bits per heavy atom. The highest BCUT2D eigenvalue weighted by atomic mass is 16.8. The molecule has 0 spiro atoms. The molecule has 290 valence electrons. The van der Waals surface area contributed by atoms with Gasteiger partial charge in [0.1, 0.15) is 37.6 Å². The highest BCUT2D eigenvalue weighted by molar-refractivity contribution is 5.85. The lowest BCUT2D eigenvalue weighted by atomic mass is 9.89. The number of carbonyl (C=O) groups is 7. The highest BCUT2D eigenvalue weighted by Gasteiger charge is 2.58. The van der Waals surface area contributed by atoms with Gasteiger partial charge in [-0.25, -0.2) is 0 Å². The Hall–Kier alpha value is -5.07. The van der Waals surface area contributed by atoms with Gasteiger partial charge in [0.2, 0.25) is 0 Å². The van der Waals surface area contributed by atoms with Crippen molar-refractivity contribution in [1.82, 2.24) is 4.98 Å². The van der Waals surface area contributed by atoms with Gasteiger partial charge in [-0.05, 0) is 13.0 Å². The van der Waals surface area contributed by atoms with Crippen LogP contribution in [0.5, 0.6) is 0 Å². The van der Waals surface area contributed by atoms with Gasteiger partial charge < -0.3 is 52.4 Å². The molecule has 0 radical (unpaired) electrons. The van der Waals surface area contributed by atoms with E-state index in [0.717, 1.165) is 54.0 Å². The molecular formula is C35H43NO17. The fourth-order valence-electron chi connectivity index (χ4n) is 6.41. The van der Waals surface area contributed by atoms with Crippen LogP contribution in [0.1, 0.15) is 65.8 Å². The summed E-state index contributed by atoms with van der Waals surface area (Å²) in [6.07, 6.45) is -14.8. The molecule has 53 heavy (non-hydrogen) atoms. The Morgan fingerprint density at radius 3 is 1.55 bits per heavy atom. The van der Waals surface area contributed by atoms with Crippen LogP contribution in [-0.4, -0.2) is 115 Å². The third-order valence-corrected chi connectivity index (χ3v) is 8.16. The topological polar surface area (TPSA) is 228 Å². The summed E-state index contributed by atoms with van der Waals surface area (Å²) in [5.41, 5.74) is 1.89. The number of hydrogen-bond acceptors (Lipinski definition) is 17. The lowest BCUT2D eigenvalue weighted by Gasteiger charge is -2.49. The second kappa shape index (κ2) is 17.6. The first-order chi connectivity index (χ1) is 25.0. The average molecular weight is 750 g/mol. The quantitative estimate of drug-likeness (QED) is 0.241. The van der Waals surface area contributed by atoms with Gasteiger partial charge in [-0.15, -0.1) is 0 Å². The van der Waals surface area contributed by atoms with Crippen molar-refractivity contribution < 1.29 is 80.9 Å². The first-order valence-corrected chi connectivity index (χ1v) is 16.6. The number of carbonyl (C=O) groups excluding carboxylic acids is 7. The van der Waals surface area contributed by atoms with E-state index in [1.165, 1.54) is 0 Å². The predicted octanol–water partition coefficient (Wildman–Crippen LogP) is 1.81. The van der Waals surface area contributed by atoms with Crippen molar-refractivity contribution >= 4 is 52.7 Å². The van der Waals surface area contributed by atoms with E-state index in [2.05, 4.69) is 4.98 Å². The molecule has 0 unspecified atom stereocenters. The standard InChI is InChI=1S/C35H43NO17/c1-15-27(23-11-9-10-12-24(23)36-15)30-33(49-21(7)42)31(47-19(5)40)29(25(51-30)13-44-16(2)37)53-35-34(50-22(8)43)32(48-20(6)41)28(46-18(4)39)26(52-35)14-45-17(3)38/h9-12,25-26,28-36H,13-14H2,1-8H3/t25-,26-,28+,29-,30+,31+,32+,33+,34-,35+/m1/s1. The molecule has 1 N–H and O–H groups in total. The number of aromatic nitrogens is 1. The molecule has 2 aromatic rings. The van der Waals surface area contributed by atoms with Crippen LogP contribution in [0.25, 0.3) is 10.9 Å². The number of ether oxygens (including phenoxy) is 10. The zero-order chi connectivity index (χ0) is 39.1. The minimum Gasteiger partial charge on any atom is -0.463 e. The Kier molecular flexibility index (Phi) is 13.5. The first-order valence-electron chi connectivity index (χ1n) is 16.6. The zero-order valence-electron chi connectivity index (χ0n) is 30.4. The lowest BCUT2D eigenvalue weighted by molar-refractivity contribution is -0.345. The maximum atomic E-state index is 12.8. The maximum Gasteiger partial charge on any atom is 0.303 e. The molecule has 0 amide bonds. The normalized spacial score (nSPS) is 28.2. The Bertz CT molecular complexity index is 1700. The van der Waals surface area contributed by atoms with Crippen LogP contribution < -0.4 is 0 Å². The van der Waals surface area contributed by atoms with Gasteiger partial charge in [-0.2, -0.15) is 0 Å². The number of aromatic amines is 1. The van der Waals surface area contributed by atoms with E-state index in [9.17, 15) is 33.6 Å². The van der Waals surface area contributed by atoms with Gasteiger partial charge in [-0.1, -0.05) is 18.2 Å². The molecule has 2 aliphatic heterocycles. The van der Waals surface area contributed by atoms with Gasteiger partial charge in [-0.3, -0.25) is 33.6 Å². The largest absolute Gasteiger partial charge is 0.463 e. The monoisotopic (exact) mass is 749 g/mol. The molecule has 1 aromatic heterocycles. The van der Waals surface area contributed by atoms with Gasteiger partial charge in [0.25, 0.3) is 0 Å². The number of para-hydroxylation sites is 1. The Labute approximate surface area is 303 Å². The number of aryl methyl sites for hydroxylation is 1. The Balaban J connectivity index is 1.89. The molecule has 0 aliphatic carbocycles. The number of nitrogens with one attached hydrogen (secondary N) is 1. The molecule has 2 fully saturated rings. The fourth-order valence-corrected chi connectivity index (χ4v) is 6.41. The summed E-state index contributed by atoms with van der Waals surface area (Å²) in [5, 5.41) is 0.693. The van der Waals surface area contributed by atoms with Crippen LogP contribution >= 0.6 is 0 Å². The van der Waals surface area contributed by atoms with Gasteiger partial charge in [0.05, 0.1) is 0 Å². The minimum absolute atomic E-state index is 0.492.